The van der Waals surface area contributed by atoms with Crippen molar-refractivity contribution in [3.63, 3.8) is 0 Å². The minimum absolute atomic E-state index is 0.162. The van der Waals surface area contributed by atoms with Gasteiger partial charge in [-0.3, -0.25) is 4.79 Å². The Kier molecular flexibility index (Phi) is 4.01. The van der Waals surface area contributed by atoms with Crippen LogP contribution in [0.3, 0.4) is 0 Å². The van der Waals surface area contributed by atoms with E-state index in [0.717, 1.165) is 18.8 Å². The lowest BCUT2D eigenvalue weighted by Crippen LogP contribution is -2.31. The first kappa shape index (κ1) is 12.1. The zero-order chi connectivity index (χ0) is 11.5. The Bertz CT molecular complexity index is 247. The predicted octanol–water partition coefficient (Wildman–Crippen LogP) is 2.90. The van der Waals surface area contributed by atoms with Crippen LogP contribution in [0.5, 0.6) is 0 Å². The maximum Gasteiger partial charge on any atom is 0.137 e. The van der Waals surface area contributed by atoms with Gasteiger partial charge in [-0.25, -0.2) is 0 Å². The van der Waals surface area contributed by atoms with Gasteiger partial charge in [0.25, 0.3) is 0 Å². The van der Waals surface area contributed by atoms with Crippen molar-refractivity contribution < 1.29 is 4.79 Å². The number of rotatable bonds is 5. The van der Waals surface area contributed by atoms with Gasteiger partial charge in [-0.05, 0) is 37.5 Å². The summed E-state index contributed by atoms with van der Waals surface area (Å²) in [5.74, 6) is 2.25. The average molecular weight is 223 g/mol. The SMILES string of the molecule is CCC1CCCC(C(=O)CC(N)C2CC2)C1. The van der Waals surface area contributed by atoms with Gasteiger partial charge in [-0.2, -0.15) is 0 Å². The van der Waals surface area contributed by atoms with Gasteiger partial charge in [-0.1, -0.05) is 26.2 Å². The van der Waals surface area contributed by atoms with Gasteiger partial charge in [0.2, 0.25) is 0 Å². The summed E-state index contributed by atoms with van der Waals surface area (Å²) < 4.78 is 0. The zero-order valence-corrected chi connectivity index (χ0v) is 10.5. The average Bonchev–Trinajstić information content (AvgIpc) is 3.13. The minimum atomic E-state index is 0.162. The minimum Gasteiger partial charge on any atom is -0.327 e. The van der Waals surface area contributed by atoms with E-state index in [4.69, 9.17) is 5.73 Å². The topological polar surface area (TPSA) is 43.1 Å². The lowest BCUT2D eigenvalue weighted by Gasteiger charge is -2.28. The van der Waals surface area contributed by atoms with Crippen molar-refractivity contribution >= 4 is 5.78 Å². The number of ketones is 1. The molecule has 3 atom stereocenters. The Morgan fingerprint density at radius 3 is 2.69 bits per heavy atom. The van der Waals surface area contributed by atoms with Crippen molar-refractivity contribution in [1.29, 1.82) is 0 Å². The van der Waals surface area contributed by atoms with Gasteiger partial charge in [0.15, 0.2) is 0 Å². The first-order valence-electron chi connectivity index (χ1n) is 6.99. The Morgan fingerprint density at radius 1 is 1.31 bits per heavy atom. The van der Waals surface area contributed by atoms with Crippen molar-refractivity contribution in [3.05, 3.63) is 0 Å². The number of Topliss-reactive ketones (excluding diaryl/α,β-unsaturated/α-hetero) is 1. The molecule has 2 saturated carbocycles. The molecule has 16 heavy (non-hydrogen) atoms. The molecule has 2 rings (SSSR count). The maximum atomic E-state index is 12.1. The molecule has 3 unspecified atom stereocenters. The molecule has 0 bridgehead atoms. The smallest absolute Gasteiger partial charge is 0.137 e. The number of hydrogen-bond donors (Lipinski definition) is 1. The molecule has 0 aromatic heterocycles. The number of nitrogens with two attached hydrogens (primary N) is 1. The second-order valence-corrected chi connectivity index (χ2v) is 5.81. The highest BCUT2D eigenvalue weighted by Crippen LogP contribution is 2.36. The molecule has 2 aliphatic carbocycles. The van der Waals surface area contributed by atoms with Crippen LogP contribution in [0.1, 0.15) is 58.3 Å². The Labute approximate surface area is 99.0 Å². The van der Waals surface area contributed by atoms with Crippen LogP contribution in [0.25, 0.3) is 0 Å². The molecular formula is C14H25NO. The molecule has 0 heterocycles. The summed E-state index contributed by atoms with van der Waals surface area (Å²) in [6, 6.07) is 0.162. The number of hydrogen-bond acceptors (Lipinski definition) is 2. The van der Waals surface area contributed by atoms with Crippen LogP contribution in [-0.2, 0) is 4.79 Å². The first-order valence-corrected chi connectivity index (χ1v) is 6.99. The van der Waals surface area contributed by atoms with Gasteiger partial charge >= 0.3 is 0 Å². The van der Waals surface area contributed by atoms with E-state index < -0.39 is 0 Å². The molecular weight excluding hydrogens is 198 g/mol. The van der Waals surface area contributed by atoms with Crippen LogP contribution >= 0.6 is 0 Å². The van der Waals surface area contributed by atoms with Gasteiger partial charge in [-0.15, -0.1) is 0 Å². The van der Waals surface area contributed by atoms with Gasteiger partial charge in [0.05, 0.1) is 0 Å². The highest BCUT2D eigenvalue weighted by Gasteiger charge is 2.33. The molecule has 0 aromatic rings. The fraction of sp³-hybridized carbons (Fsp3) is 0.929. The monoisotopic (exact) mass is 223 g/mol. The molecule has 0 aliphatic heterocycles. The van der Waals surface area contributed by atoms with Crippen LogP contribution in [0.2, 0.25) is 0 Å². The third-order valence-electron chi connectivity index (χ3n) is 4.48. The molecule has 2 heteroatoms. The van der Waals surface area contributed by atoms with E-state index in [9.17, 15) is 4.79 Å². The molecule has 0 saturated heterocycles. The van der Waals surface area contributed by atoms with Crippen LogP contribution in [-0.4, -0.2) is 11.8 Å². The van der Waals surface area contributed by atoms with Gasteiger partial charge < -0.3 is 5.73 Å². The quantitative estimate of drug-likeness (QED) is 0.778. The lowest BCUT2D eigenvalue weighted by molar-refractivity contribution is -0.124. The fourth-order valence-electron chi connectivity index (χ4n) is 3.04. The summed E-state index contributed by atoms with van der Waals surface area (Å²) in [4.78, 5) is 12.1. The van der Waals surface area contributed by atoms with Crippen molar-refractivity contribution in [2.75, 3.05) is 0 Å². The van der Waals surface area contributed by atoms with Crippen molar-refractivity contribution in [2.24, 2.45) is 23.5 Å². The third-order valence-corrected chi connectivity index (χ3v) is 4.48. The molecule has 0 spiro atoms. The maximum absolute atomic E-state index is 12.1. The van der Waals surface area contributed by atoms with E-state index in [-0.39, 0.29) is 6.04 Å². The van der Waals surface area contributed by atoms with Gasteiger partial charge in [0.1, 0.15) is 5.78 Å². The Morgan fingerprint density at radius 2 is 2.06 bits per heavy atom. The number of carbonyl (C=O) groups is 1. The van der Waals surface area contributed by atoms with Crippen molar-refractivity contribution in [1.82, 2.24) is 0 Å². The third kappa shape index (κ3) is 3.07. The predicted molar refractivity (Wildman–Crippen MR) is 66.1 cm³/mol. The summed E-state index contributed by atoms with van der Waals surface area (Å²) >= 11 is 0. The Balaban J connectivity index is 1.78. The van der Waals surface area contributed by atoms with Crippen LogP contribution in [0, 0.1) is 17.8 Å². The second-order valence-electron chi connectivity index (χ2n) is 5.81. The highest BCUT2D eigenvalue weighted by atomic mass is 16.1. The largest absolute Gasteiger partial charge is 0.327 e. The van der Waals surface area contributed by atoms with E-state index in [1.807, 2.05) is 0 Å². The summed E-state index contributed by atoms with van der Waals surface area (Å²) in [6.07, 6.45) is 9.19. The van der Waals surface area contributed by atoms with Crippen LogP contribution in [0.4, 0.5) is 0 Å². The molecule has 2 aliphatic rings. The zero-order valence-electron chi connectivity index (χ0n) is 10.5. The number of carbonyl (C=O) groups excluding carboxylic acids is 1. The molecule has 2 fully saturated rings. The second kappa shape index (κ2) is 5.31. The molecule has 0 aromatic carbocycles. The van der Waals surface area contributed by atoms with Crippen LogP contribution in [0.15, 0.2) is 0 Å². The summed E-state index contributed by atoms with van der Waals surface area (Å²) in [5, 5.41) is 0. The van der Waals surface area contributed by atoms with Gasteiger partial charge in [0, 0.05) is 18.4 Å². The lowest BCUT2D eigenvalue weighted by atomic mass is 9.77. The Hall–Kier alpha value is -0.370. The standard InChI is InChI=1S/C14H25NO/c1-2-10-4-3-5-12(8-10)14(16)9-13(15)11-6-7-11/h10-13H,2-9,15H2,1H3. The molecule has 2 nitrogen and oxygen atoms in total. The summed E-state index contributed by atoms with van der Waals surface area (Å²) in [6.45, 7) is 2.24. The normalized spacial score (nSPS) is 32.4. The van der Waals surface area contributed by atoms with Crippen molar-refractivity contribution in [3.8, 4) is 0 Å². The fourth-order valence-corrected chi connectivity index (χ4v) is 3.04. The summed E-state index contributed by atoms with van der Waals surface area (Å²) in [7, 11) is 0. The van der Waals surface area contributed by atoms with Crippen molar-refractivity contribution in [2.45, 2.75) is 64.3 Å². The van der Waals surface area contributed by atoms with E-state index in [0.29, 0.717) is 24.0 Å². The highest BCUT2D eigenvalue weighted by molar-refractivity contribution is 5.81. The van der Waals surface area contributed by atoms with E-state index in [2.05, 4.69) is 6.92 Å². The molecule has 92 valence electrons. The van der Waals surface area contributed by atoms with E-state index in [1.54, 1.807) is 0 Å². The first-order chi connectivity index (χ1) is 7.70. The van der Waals surface area contributed by atoms with Crippen LogP contribution < -0.4 is 5.73 Å². The summed E-state index contributed by atoms with van der Waals surface area (Å²) in [5.41, 5.74) is 6.03. The van der Waals surface area contributed by atoms with E-state index >= 15 is 0 Å². The molecule has 2 N–H and O–H groups in total. The van der Waals surface area contributed by atoms with E-state index in [1.165, 1.54) is 32.1 Å². The molecule has 0 radical (unpaired) electrons. The molecule has 0 amide bonds.